The molecule has 0 radical (unpaired) electrons. The van der Waals surface area contributed by atoms with Crippen LogP contribution >= 0.6 is 0 Å². The molecule has 3 heteroatoms. The molecule has 1 saturated heterocycles. The summed E-state index contributed by atoms with van der Waals surface area (Å²) in [7, 11) is 0. The summed E-state index contributed by atoms with van der Waals surface area (Å²) in [5.41, 5.74) is 2.88. The first-order valence-electron chi connectivity index (χ1n) is 6.02. The molecule has 0 saturated carbocycles. The van der Waals surface area contributed by atoms with E-state index in [1.807, 2.05) is 0 Å². The van der Waals surface area contributed by atoms with E-state index in [0.29, 0.717) is 12.5 Å². The molecule has 0 aliphatic carbocycles. The molecule has 0 atom stereocenters. The van der Waals surface area contributed by atoms with Crippen molar-refractivity contribution in [2.45, 2.75) is 25.2 Å². The maximum Gasteiger partial charge on any atom is 0.0719 e. The van der Waals surface area contributed by atoms with Gasteiger partial charge in [-0.25, -0.2) is 5.90 Å². The zero-order valence-electron chi connectivity index (χ0n) is 9.61. The third-order valence-corrected chi connectivity index (χ3v) is 3.32. The molecule has 0 spiro atoms. The number of rotatable bonds is 4. The van der Waals surface area contributed by atoms with E-state index < -0.39 is 0 Å². The molecular weight excluding hydrogens is 200 g/mol. The van der Waals surface area contributed by atoms with Crippen LogP contribution in [0.4, 0.5) is 0 Å². The molecule has 0 aromatic heterocycles. The minimum absolute atomic E-state index is 0.599. The van der Waals surface area contributed by atoms with Crippen LogP contribution in [0.5, 0.6) is 0 Å². The van der Waals surface area contributed by atoms with Gasteiger partial charge in [0.25, 0.3) is 0 Å². The number of hydrogen-bond acceptors (Lipinski definition) is 3. The van der Waals surface area contributed by atoms with E-state index in [1.54, 1.807) is 0 Å². The largest absolute Gasteiger partial charge is 0.317 e. The highest BCUT2D eigenvalue weighted by Gasteiger charge is 2.17. The first-order chi connectivity index (χ1) is 7.92. The van der Waals surface area contributed by atoms with Crippen molar-refractivity contribution in [1.29, 1.82) is 0 Å². The highest BCUT2D eigenvalue weighted by Crippen LogP contribution is 2.28. The molecule has 1 aromatic rings. The monoisotopic (exact) mass is 220 g/mol. The van der Waals surface area contributed by atoms with Gasteiger partial charge in [0.2, 0.25) is 0 Å². The van der Waals surface area contributed by atoms with Crippen LogP contribution in [0.1, 0.15) is 29.9 Å². The topological polar surface area (TPSA) is 47.3 Å². The van der Waals surface area contributed by atoms with Gasteiger partial charge in [-0.05, 0) is 49.4 Å². The average Bonchev–Trinajstić information content (AvgIpc) is 2.38. The van der Waals surface area contributed by atoms with E-state index in [4.69, 9.17) is 5.90 Å². The Morgan fingerprint density at radius 2 is 2.00 bits per heavy atom. The Bertz CT molecular complexity index is 321. The Kier molecular flexibility index (Phi) is 4.34. The molecule has 3 N–H and O–H groups in total. The van der Waals surface area contributed by atoms with Crippen LogP contribution in [0.15, 0.2) is 24.3 Å². The van der Waals surface area contributed by atoms with Gasteiger partial charge in [0.05, 0.1) is 6.61 Å². The zero-order chi connectivity index (χ0) is 11.2. The molecule has 1 aliphatic rings. The molecule has 2 rings (SSSR count). The SMILES string of the molecule is NOCCc1ccccc1C1CCNCC1. The molecular formula is C13H20N2O. The lowest BCUT2D eigenvalue weighted by atomic mass is 9.86. The van der Waals surface area contributed by atoms with Crippen LogP contribution in [0.25, 0.3) is 0 Å². The molecule has 16 heavy (non-hydrogen) atoms. The molecule has 1 aliphatic heterocycles. The molecule has 1 fully saturated rings. The van der Waals surface area contributed by atoms with E-state index in [1.165, 1.54) is 24.0 Å². The van der Waals surface area contributed by atoms with Gasteiger partial charge in [0, 0.05) is 0 Å². The van der Waals surface area contributed by atoms with Gasteiger partial charge >= 0.3 is 0 Å². The molecule has 0 unspecified atom stereocenters. The summed E-state index contributed by atoms with van der Waals surface area (Å²) in [6, 6.07) is 8.67. The molecule has 88 valence electrons. The van der Waals surface area contributed by atoms with Crippen LogP contribution in [0.2, 0.25) is 0 Å². The Hall–Kier alpha value is -0.900. The van der Waals surface area contributed by atoms with E-state index >= 15 is 0 Å². The summed E-state index contributed by atoms with van der Waals surface area (Å²) in [6.45, 7) is 2.86. The van der Waals surface area contributed by atoms with Gasteiger partial charge in [0.1, 0.15) is 0 Å². The molecule has 1 aromatic carbocycles. The summed E-state index contributed by atoms with van der Waals surface area (Å²) >= 11 is 0. The van der Waals surface area contributed by atoms with Crippen molar-refractivity contribution >= 4 is 0 Å². The summed E-state index contributed by atoms with van der Waals surface area (Å²) in [5.74, 6) is 5.80. The maximum atomic E-state index is 5.09. The zero-order valence-corrected chi connectivity index (χ0v) is 9.61. The predicted molar refractivity (Wildman–Crippen MR) is 65.1 cm³/mol. The van der Waals surface area contributed by atoms with Crippen LogP contribution in [-0.4, -0.2) is 19.7 Å². The minimum Gasteiger partial charge on any atom is -0.317 e. The first kappa shape index (κ1) is 11.6. The van der Waals surface area contributed by atoms with Crippen molar-refractivity contribution in [2.75, 3.05) is 19.7 Å². The number of nitrogens with two attached hydrogens (primary N) is 1. The van der Waals surface area contributed by atoms with Crippen LogP contribution in [0, 0.1) is 0 Å². The van der Waals surface area contributed by atoms with Gasteiger partial charge in [0.15, 0.2) is 0 Å². The second kappa shape index (κ2) is 5.99. The third-order valence-electron chi connectivity index (χ3n) is 3.32. The summed E-state index contributed by atoms with van der Waals surface area (Å²) in [4.78, 5) is 4.68. The van der Waals surface area contributed by atoms with Crippen molar-refractivity contribution in [2.24, 2.45) is 5.90 Å². The van der Waals surface area contributed by atoms with Gasteiger partial charge in [-0.15, -0.1) is 0 Å². The van der Waals surface area contributed by atoms with Crippen molar-refractivity contribution in [1.82, 2.24) is 5.32 Å². The minimum atomic E-state index is 0.599. The van der Waals surface area contributed by atoms with Gasteiger partial charge in [-0.1, -0.05) is 24.3 Å². The van der Waals surface area contributed by atoms with Crippen molar-refractivity contribution in [3.8, 4) is 0 Å². The average molecular weight is 220 g/mol. The molecule has 3 nitrogen and oxygen atoms in total. The van der Waals surface area contributed by atoms with E-state index in [-0.39, 0.29) is 0 Å². The summed E-state index contributed by atoms with van der Waals surface area (Å²) < 4.78 is 0. The van der Waals surface area contributed by atoms with Gasteiger partial charge in [-0.2, -0.15) is 0 Å². The molecule has 0 bridgehead atoms. The predicted octanol–water partition coefficient (Wildman–Crippen LogP) is 1.59. The highest BCUT2D eigenvalue weighted by molar-refractivity contribution is 5.31. The van der Waals surface area contributed by atoms with Crippen molar-refractivity contribution in [3.63, 3.8) is 0 Å². The Labute approximate surface area is 96.9 Å². The number of hydrogen-bond donors (Lipinski definition) is 2. The lowest BCUT2D eigenvalue weighted by Gasteiger charge is -2.25. The fourth-order valence-corrected chi connectivity index (χ4v) is 2.46. The number of nitrogens with one attached hydrogen (secondary N) is 1. The lowest BCUT2D eigenvalue weighted by molar-refractivity contribution is 0.141. The second-order valence-corrected chi connectivity index (χ2v) is 4.34. The van der Waals surface area contributed by atoms with E-state index in [2.05, 4.69) is 34.4 Å². The second-order valence-electron chi connectivity index (χ2n) is 4.34. The normalized spacial score (nSPS) is 17.6. The van der Waals surface area contributed by atoms with Gasteiger partial charge in [-0.3, -0.25) is 0 Å². The Balaban J connectivity index is 2.11. The summed E-state index contributed by atoms with van der Waals surface area (Å²) in [5, 5.41) is 3.40. The number of piperidine rings is 1. The fraction of sp³-hybridized carbons (Fsp3) is 0.538. The third kappa shape index (κ3) is 2.82. The quantitative estimate of drug-likeness (QED) is 0.757. The maximum absolute atomic E-state index is 5.09. The smallest absolute Gasteiger partial charge is 0.0719 e. The molecule has 1 heterocycles. The van der Waals surface area contributed by atoms with Crippen molar-refractivity contribution < 1.29 is 4.84 Å². The number of benzene rings is 1. The first-order valence-corrected chi connectivity index (χ1v) is 6.02. The van der Waals surface area contributed by atoms with E-state index in [0.717, 1.165) is 19.5 Å². The highest BCUT2D eigenvalue weighted by atomic mass is 16.6. The van der Waals surface area contributed by atoms with Crippen LogP contribution in [-0.2, 0) is 11.3 Å². The van der Waals surface area contributed by atoms with Crippen LogP contribution < -0.4 is 11.2 Å². The lowest BCUT2D eigenvalue weighted by Crippen LogP contribution is -2.27. The van der Waals surface area contributed by atoms with Crippen LogP contribution in [0.3, 0.4) is 0 Å². The van der Waals surface area contributed by atoms with Gasteiger partial charge < -0.3 is 10.2 Å². The van der Waals surface area contributed by atoms with Crippen molar-refractivity contribution in [3.05, 3.63) is 35.4 Å². The fourth-order valence-electron chi connectivity index (χ4n) is 2.46. The Morgan fingerprint density at radius 1 is 1.25 bits per heavy atom. The van der Waals surface area contributed by atoms with E-state index in [9.17, 15) is 0 Å². The molecule has 0 amide bonds. The summed E-state index contributed by atoms with van der Waals surface area (Å²) in [6.07, 6.45) is 3.39. The standard InChI is InChI=1S/C13H20N2O/c14-16-10-7-11-3-1-2-4-13(11)12-5-8-15-9-6-12/h1-4,12,15H,5-10,14H2. The Morgan fingerprint density at radius 3 is 2.75 bits per heavy atom.